The molecule has 0 spiro atoms. The van der Waals surface area contributed by atoms with E-state index in [1.54, 1.807) is 25.2 Å². The van der Waals surface area contributed by atoms with Gasteiger partial charge in [0.05, 0.1) is 29.6 Å². The summed E-state index contributed by atoms with van der Waals surface area (Å²) in [5.41, 5.74) is 1.60. The van der Waals surface area contributed by atoms with Gasteiger partial charge in [-0.05, 0) is 42.8 Å². The van der Waals surface area contributed by atoms with Gasteiger partial charge in [0.15, 0.2) is 5.78 Å². The maximum atomic E-state index is 13.9. The molecule has 184 valence electrons. The minimum Gasteiger partial charge on any atom is -0.457 e. The summed E-state index contributed by atoms with van der Waals surface area (Å²) >= 11 is 0. The lowest BCUT2D eigenvalue weighted by Crippen LogP contribution is -2.15. The second kappa shape index (κ2) is 10.4. The maximum absolute atomic E-state index is 13.9. The van der Waals surface area contributed by atoms with Crippen molar-refractivity contribution >= 4 is 11.8 Å². The normalized spacial score (nSPS) is 11.8. The Labute approximate surface area is 203 Å². The number of pyridine rings is 3. The van der Waals surface area contributed by atoms with E-state index in [9.17, 15) is 22.8 Å². The van der Waals surface area contributed by atoms with Crippen LogP contribution in [0.3, 0.4) is 0 Å². The zero-order chi connectivity index (χ0) is 25.8. The van der Waals surface area contributed by atoms with E-state index in [2.05, 4.69) is 25.3 Å². The molecule has 0 bridgehead atoms. The maximum Gasteiger partial charge on any atom is 0.312 e. The Bertz CT molecular complexity index is 1430. The number of halogens is 3. The Hall–Kier alpha value is -4.48. The SMILES string of the molecule is C[C@@H](OC(=O)Cc1c(-c2ccc(C(=O)Cc3ccnc(F)c3)cn2)nnn1C)c1cc(F)cnc1F. The standard InChI is InChI=1S/C24H19F3N6O3/c1-13(17-9-16(25)12-30-24(17)27)36-22(35)10-19-23(31-32-33(19)2)18-4-3-15(11-29-18)20(34)7-14-5-6-28-21(26)8-14/h3-6,8-9,11-13H,7,10H2,1-2H3/t13-/m1/s1. The predicted octanol–water partition coefficient (Wildman–Crippen LogP) is 3.36. The molecule has 0 aromatic carbocycles. The Morgan fingerprint density at radius 2 is 1.83 bits per heavy atom. The van der Waals surface area contributed by atoms with E-state index in [1.165, 1.54) is 30.1 Å². The van der Waals surface area contributed by atoms with Gasteiger partial charge in [-0.2, -0.15) is 8.78 Å². The summed E-state index contributed by atoms with van der Waals surface area (Å²) in [6, 6.07) is 6.74. The minimum atomic E-state index is -1.08. The molecule has 4 aromatic heterocycles. The molecule has 0 aliphatic carbocycles. The lowest BCUT2D eigenvalue weighted by Gasteiger charge is -2.14. The van der Waals surface area contributed by atoms with Crippen LogP contribution >= 0.6 is 0 Å². The van der Waals surface area contributed by atoms with Crippen LogP contribution in [0, 0.1) is 17.7 Å². The van der Waals surface area contributed by atoms with Crippen LogP contribution < -0.4 is 0 Å². The van der Waals surface area contributed by atoms with Crippen molar-refractivity contribution in [3.05, 3.63) is 89.0 Å². The van der Waals surface area contributed by atoms with E-state index in [0.29, 0.717) is 22.5 Å². The van der Waals surface area contributed by atoms with E-state index in [-0.39, 0.29) is 29.9 Å². The van der Waals surface area contributed by atoms with Gasteiger partial charge in [0.25, 0.3) is 0 Å². The Morgan fingerprint density at radius 1 is 1.03 bits per heavy atom. The van der Waals surface area contributed by atoms with E-state index in [0.717, 1.165) is 12.3 Å². The van der Waals surface area contributed by atoms with Crippen LogP contribution in [0.4, 0.5) is 13.2 Å². The first-order valence-corrected chi connectivity index (χ1v) is 10.7. The van der Waals surface area contributed by atoms with Gasteiger partial charge >= 0.3 is 5.97 Å². The molecular formula is C24H19F3N6O3. The van der Waals surface area contributed by atoms with Gasteiger partial charge in [-0.3, -0.25) is 19.3 Å². The number of Topliss-reactive ketones (excluding diaryl/α,β-unsaturated/α-hetero) is 1. The number of nitrogens with zero attached hydrogens (tertiary/aromatic N) is 6. The monoisotopic (exact) mass is 496 g/mol. The second-order valence-corrected chi connectivity index (χ2v) is 7.87. The third-order valence-electron chi connectivity index (χ3n) is 5.32. The molecule has 36 heavy (non-hydrogen) atoms. The topological polar surface area (TPSA) is 113 Å². The highest BCUT2D eigenvalue weighted by molar-refractivity contribution is 5.97. The van der Waals surface area contributed by atoms with E-state index < -0.39 is 29.8 Å². The van der Waals surface area contributed by atoms with Gasteiger partial charge in [-0.15, -0.1) is 5.10 Å². The molecule has 0 saturated carbocycles. The highest BCUT2D eigenvalue weighted by atomic mass is 19.1. The molecule has 4 heterocycles. The van der Waals surface area contributed by atoms with Crippen molar-refractivity contribution < 1.29 is 27.5 Å². The third-order valence-corrected chi connectivity index (χ3v) is 5.32. The lowest BCUT2D eigenvalue weighted by atomic mass is 10.0. The molecule has 0 aliphatic heterocycles. The lowest BCUT2D eigenvalue weighted by molar-refractivity contribution is -0.148. The van der Waals surface area contributed by atoms with Crippen LogP contribution in [0.5, 0.6) is 0 Å². The number of esters is 1. The molecule has 0 N–H and O–H groups in total. The van der Waals surface area contributed by atoms with Gasteiger partial charge in [0.1, 0.15) is 17.6 Å². The van der Waals surface area contributed by atoms with E-state index in [1.807, 2.05) is 0 Å². The molecule has 0 amide bonds. The fourth-order valence-corrected chi connectivity index (χ4v) is 3.48. The fourth-order valence-electron chi connectivity index (χ4n) is 3.48. The summed E-state index contributed by atoms with van der Waals surface area (Å²) in [6.07, 6.45) is 1.99. The molecule has 1 atom stereocenters. The van der Waals surface area contributed by atoms with Crippen molar-refractivity contribution in [2.24, 2.45) is 7.05 Å². The number of carbonyl (C=O) groups is 2. The van der Waals surface area contributed by atoms with Gasteiger partial charge in [0, 0.05) is 31.4 Å². The summed E-state index contributed by atoms with van der Waals surface area (Å²) < 4.78 is 47.2. The van der Waals surface area contributed by atoms with Gasteiger partial charge in [0.2, 0.25) is 11.9 Å². The Kier molecular flexibility index (Phi) is 7.13. The van der Waals surface area contributed by atoms with Crippen LogP contribution in [0.2, 0.25) is 0 Å². The molecule has 0 radical (unpaired) electrons. The first-order valence-electron chi connectivity index (χ1n) is 10.7. The van der Waals surface area contributed by atoms with Crippen molar-refractivity contribution in [3.8, 4) is 11.4 Å². The molecular weight excluding hydrogens is 477 g/mol. The summed E-state index contributed by atoms with van der Waals surface area (Å²) in [5, 5.41) is 7.97. The number of hydrogen-bond donors (Lipinski definition) is 0. The first-order chi connectivity index (χ1) is 17.2. The van der Waals surface area contributed by atoms with Gasteiger partial charge < -0.3 is 4.74 Å². The number of aryl methyl sites for hydroxylation is 1. The highest BCUT2D eigenvalue weighted by Crippen LogP contribution is 2.23. The predicted molar refractivity (Wildman–Crippen MR) is 119 cm³/mol. The zero-order valence-electron chi connectivity index (χ0n) is 19.2. The average molecular weight is 496 g/mol. The molecule has 9 nitrogen and oxygen atoms in total. The molecule has 0 saturated heterocycles. The minimum absolute atomic E-state index is 0.0255. The van der Waals surface area contributed by atoms with Crippen LogP contribution in [0.1, 0.15) is 40.2 Å². The Morgan fingerprint density at radius 3 is 2.56 bits per heavy atom. The molecule has 12 heteroatoms. The van der Waals surface area contributed by atoms with Crippen LogP contribution in [-0.4, -0.2) is 41.7 Å². The molecule has 4 aromatic rings. The second-order valence-electron chi connectivity index (χ2n) is 7.87. The quantitative estimate of drug-likeness (QED) is 0.207. The number of hydrogen-bond acceptors (Lipinski definition) is 8. The summed E-state index contributed by atoms with van der Waals surface area (Å²) in [4.78, 5) is 36.1. The Balaban J connectivity index is 1.46. The highest BCUT2D eigenvalue weighted by Gasteiger charge is 2.22. The van der Waals surface area contributed by atoms with E-state index >= 15 is 0 Å². The summed E-state index contributed by atoms with van der Waals surface area (Å²) in [5.74, 6) is -3.36. The molecule has 4 rings (SSSR count). The molecule has 0 fully saturated rings. The van der Waals surface area contributed by atoms with Crippen molar-refractivity contribution in [1.82, 2.24) is 29.9 Å². The molecule has 0 unspecified atom stereocenters. The number of ketones is 1. The zero-order valence-corrected chi connectivity index (χ0v) is 19.2. The van der Waals surface area contributed by atoms with Crippen molar-refractivity contribution in [3.63, 3.8) is 0 Å². The van der Waals surface area contributed by atoms with Crippen molar-refractivity contribution in [1.29, 1.82) is 0 Å². The number of ether oxygens (including phenoxy) is 1. The van der Waals surface area contributed by atoms with Crippen LogP contribution in [0.25, 0.3) is 11.4 Å². The number of aromatic nitrogens is 6. The smallest absolute Gasteiger partial charge is 0.312 e. The van der Waals surface area contributed by atoms with Crippen molar-refractivity contribution in [2.75, 3.05) is 0 Å². The van der Waals surface area contributed by atoms with Gasteiger partial charge in [-0.25, -0.2) is 14.4 Å². The van der Waals surface area contributed by atoms with Crippen LogP contribution in [0.15, 0.2) is 48.9 Å². The fraction of sp³-hybridized carbons (Fsp3) is 0.208. The van der Waals surface area contributed by atoms with Crippen molar-refractivity contribution in [2.45, 2.75) is 25.9 Å². The third kappa shape index (κ3) is 5.59. The summed E-state index contributed by atoms with van der Waals surface area (Å²) in [7, 11) is 1.57. The van der Waals surface area contributed by atoms with Crippen LogP contribution in [-0.2, 0) is 29.4 Å². The van der Waals surface area contributed by atoms with E-state index in [4.69, 9.17) is 4.74 Å². The first kappa shape index (κ1) is 24.6. The summed E-state index contributed by atoms with van der Waals surface area (Å²) in [6.45, 7) is 1.40. The number of rotatable bonds is 8. The molecule has 0 aliphatic rings. The average Bonchev–Trinajstić information content (AvgIpc) is 3.20. The largest absolute Gasteiger partial charge is 0.457 e. The van der Waals surface area contributed by atoms with Gasteiger partial charge in [-0.1, -0.05) is 5.21 Å². The number of carbonyl (C=O) groups excluding carboxylic acids is 2.